The zero-order valence-electron chi connectivity index (χ0n) is 11.7. The van der Waals surface area contributed by atoms with E-state index in [1.165, 1.54) is 0 Å². The van der Waals surface area contributed by atoms with E-state index in [0.717, 1.165) is 16.7 Å². The van der Waals surface area contributed by atoms with Gasteiger partial charge >= 0.3 is 13.6 Å². The van der Waals surface area contributed by atoms with E-state index in [1.54, 1.807) is 38.1 Å². The Morgan fingerprint density at radius 3 is 2.52 bits per heavy atom. The number of aliphatic carboxylic acids is 1. The summed E-state index contributed by atoms with van der Waals surface area (Å²) >= 11 is 1.04. The quantitative estimate of drug-likeness (QED) is 0.235. The molecule has 0 saturated carbocycles. The average molecular weight is 334 g/mol. The molecule has 2 unspecified atom stereocenters. The third kappa shape index (κ3) is 7.08. The Morgan fingerprint density at radius 2 is 2.00 bits per heavy atom. The number of rotatable bonds is 9. The first-order valence-electron chi connectivity index (χ1n) is 6.24. The molecule has 0 aliphatic rings. The first-order chi connectivity index (χ1) is 9.81. The Morgan fingerprint density at radius 1 is 1.38 bits per heavy atom. The van der Waals surface area contributed by atoms with Gasteiger partial charge in [-0.25, -0.2) is 4.62 Å². The Kier molecular flexibility index (Phi) is 7.37. The molecule has 0 amide bonds. The largest absolute Gasteiger partial charge is 0.480 e. The van der Waals surface area contributed by atoms with Gasteiger partial charge in [-0.2, -0.15) is 5.48 Å². The molecule has 7 nitrogen and oxygen atoms in total. The molecule has 0 saturated heterocycles. The SMILES string of the molecule is CC(C)NOP(=O)(O)C(NCC(=O)O)Sc1ccccc1. The first kappa shape index (κ1) is 18.2. The van der Waals surface area contributed by atoms with Crippen LogP contribution in [-0.4, -0.2) is 33.7 Å². The molecule has 0 aliphatic carbocycles. The van der Waals surface area contributed by atoms with Gasteiger partial charge in [0.1, 0.15) is 0 Å². The lowest BCUT2D eigenvalue weighted by atomic mass is 10.4. The van der Waals surface area contributed by atoms with Gasteiger partial charge in [0.25, 0.3) is 0 Å². The molecule has 1 rings (SSSR count). The maximum Gasteiger partial charge on any atom is 0.371 e. The molecule has 0 spiro atoms. The third-order valence-electron chi connectivity index (χ3n) is 2.13. The summed E-state index contributed by atoms with van der Waals surface area (Å²) in [6, 6.07) is 8.76. The number of carboxylic acids is 1. The lowest BCUT2D eigenvalue weighted by molar-refractivity contribution is -0.135. The molecule has 21 heavy (non-hydrogen) atoms. The monoisotopic (exact) mass is 334 g/mol. The van der Waals surface area contributed by atoms with E-state index >= 15 is 0 Å². The lowest BCUT2D eigenvalue weighted by Crippen LogP contribution is -2.34. The third-order valence-corrected chi connectivity index (χ3v) is 5.33. The topological polar surface area (TPSA) is 108 Å². The molecule has 0 aliphatic heterocycles. The van der Waals surface area contributed by atoms with Crippen LogP contribution < -0.4 is 10.8 Å². The minimum Gasteiger partial charge on any atom is -0.480 e. The van der Waals surface area contributed by atoms with Crippen LogP contribution in [0.4, 0.5) is 0 Å². The maximum atomic E-state index is 12.2. The van der Waals surface area contributed by atoms with Gasteiger partial charge in [0, 0.05) is 10.9 Å². The molecular formula is C12H19N2O5PS. The van der Waals surface area contributed by atoms with Gasteiger partial charge in [-0.1, -0.05) is 30.0 Å². The number of hydrogen-bond acceptors (Lipinski definition) is 6. The zero-order chi connectivity index (χ0) is 15.9. The minimum atomic E-state index is -4.10. The summed E-state index contributed by atoms with van der Waals surface area (Å²) in [5.41, 5.74) is 2.43. The molecular weight excluding hydrogens is 315 g/mol. The molecule has 4 N–H and O–H groups in total. The number of nitrogens with one attached hydrogen (secondary N) is 2. The predicted molar refractivity (Wildman–Crippen MR) is 80.9 cm³/mol. The zero-order valence-corrected chi connectivity index (χ0v) is 13.4. The summed E-state index contributed by atoms with van der Waals surface area (Å²) < 4.78 is 17.1. The summed E-state index contributed by atoms with van der Waals surface area (Å²) in [5, 5.41) is 10.1. The van der Waals surface area contributed by atoms with Crippen molar-refractivity contribution in [2.24, 2.45) is 0 Å². The number of benzene rings is 1. The maximum absolute atomic E-state index is 12.2. The number of carboxylic acid groups (broad SMARTS) is 1. The van der Waals surface area contributed by atoms with Gasteiger partial charge in [0.2, 0.25) is 0 Å². The van der Waals surface area contributed by atoms with Crippen molar-refractivity contribution in [3.63, 3.8) is 0 Å². The average Bonchev–Trinajstić information content (AvgIpc) is 2.42. The van der Waals surface area contributed by atoms with E-state index in [9.17, 15) is 14.3 Å². The van der Waals surface area contributed by atoms with E-state index in [2.05, 4.69) is 10.8 Å². The summed E-state index contributed by atoms with van der Waals surface area (Å²) in [4.78, 5) is 21.4. The number of carbonyl (C=O) groups is 1. The Bertz CT molecular complexity index is 500. The molecule has 0 heterocycles. The Labute approximate surface area is 127 Å². The van der Waals surface area contributed by atoms with Gasteiger partial charge in [-0.05, 0) is 26.0 Å². The van der Waals surface area contributed by atoms with Crippen LogP contribution in [0.15, 0.2) is 35.2 Å². The summed E-state index contributed by atoms with van der Waals surface area (Å²) in [7, 11) is -4.10. The second-order valence-corrected chi connectivity index (χ2v) is 7.84. The second-order valence-electron chi connectivity index (χ2n) is 4.49. The number of hydrogen-bond donors (Lipinski definition) is 4. The van der Waals surface area contributed by atoms with Gasteiger partial charge < -0.3 is 10.00 Å². The summed E-state index contributed by atoms with van der Waals surface area (Å²) in [6.45, 7) is 3.06. The van der Waals surface area contributed by atoms with Gasteiger partial charge in [0.05, 0.1) is 6.54 Å². The minimum absolute atomic E-state index is 0.146. The van der Waals surface area contributed by atoms with Crippen LogP contribution >= 0.6 is 19.4 Å². The number of hydroxylamine groups is 1. The fourth-order valence-corrected chi connectivity index (χ4v) is 3.80. The normalized spacial score (nSPS) is 15.6. The highest BCUT2D eigenvalue weighted by atomic mass is 32.2. The standard InChI is InChI=1S/C12H19N2O5PS/c1-9(2)14-19-20(17,18)12(13-8-11(15)16)21-10-6-4-3-5-7-10/h3-7,9,12-14H,8H2,1-2H3,(H,15,16)(H,17,18). The van der Waals surface area contributed by atoms with Crippen molar-refractivity contribution in [1.82, 2.24) is 10.8 Å². The summed E-state index contributed by atoms with van der Waals surface area (Å²) in [5.74, 6) is -1.12. The van der Waals surface area contributed by atoms with Gasteiger partial charge in [0.15, 0.2) is 5.11 Å². The highest BCUT2D eigenvalue weighted by Crippen LogP contribution is 2.51. The molecule has 0 bridgehead atoms. The molecule has 0 fully saturated rings. The smallest absolute Gasteiger partial charge is 0.371 e. The van der Waals surface area contributed by atoms with Crippen LogP contribution in [-0.2, 0) is 14.0 Å². The van der Waals surface area contributed by atoms with Crippen LogP contribution in [0, 0.1) is 0 Å². The molecule has 0 aromatic heterocycles. The van der Waals surface area contributed by atoms with Crippen LogP contribution in [0.25, 0.3) is 0 Å². The van der Waals surface area contributed by atoms with Crippen molar-refractivity contribution in [1.29, 1.82) is 0 Å². The van der Waals surface area contributed by atoms with E-state index < -0.39 is 25.2 Å². The molecule has 1 aromatic rings. The fourth-order valence-electron chi connectivity index (χ4n) is 1.26. The van der Waals surface area contributed by atoms with Crippen molar-refractivity contribution in [2.75, 3.05) is 6.54 Å². The second kappa shape index (κ2) is 8.53. The van der Waals surface area contributed by atoms with Crippen LogP contribution in [0.1, 0.15) is 13.8 Å². The Hall–Kier alpha value is -0.890. The van der Waals surface area contributed by atoms with Crippen LogP contribution in [0.3, 0.4) is 0 Å². The highest BCUT2D eigenvalue weighted by molar-refractivity contribution is 8.05. The first-order valence-corrected chi connectivity index (χ1v) is 8.77. The summed E-state index contributed by atoms with van der Waals surface area (Å²) in [6.07, 6.45) is 0. The van der Waals surface area contributed by atoms with Crippen molar-refractivity contribution >= 4 is 25.3 Å². The number of thioether (sulfide) groups is 1. The molecule has 118 valence electrons. The van der Waals surface area contributed by atoms with E-state index in [-0.39, 0.29) is 6.04 Å². The van der Waals surface area contributed by atoms with Crippen molar-refractivity contribution in [3.8, 4) is 0 Å². The predicted octanol–water partition coefficient (Wildman–Crippen LogP) is 1.85. The van der Waals surface area contributed by atoms with E-state index in [1.807, 2.05) is 6.07 Å². The molecule has 0 radical (unpaired) electrons. The molecule has 2 atom stereocenters. The molecule has 1 aromatic carbocycles. The van der Waals surface area contributed by atoms with Crippen molar-refractivity contribution in [3.05, 3.63) is 30.3 Å². The Balaban J connectivity index is 2.80. The van der Waals surface area contributed by atoms with E-state index in [0.29, 0.717) is 0 Å². The van der Waals surface area contributed by atoms with Crippen molar-refractivity contribution < 1.29 is 24.0 Å². The van der Waals surface area contributed by atoms with Crippen LogP contribution in [0.5, 0.6) is 0 Å². The van der Waals surface area contributed by atoms with Crippen molar-refractivity contribution in [2.45, 2.75) is 29.9 Å². The highest BCUT2D eigenvalue weighted by Gasteiger charge is 2.34. The van der Waals surface area contributed by atoms with Crippen LogP contribution in [0.2, 0.25) is 0 Å². The fraction of sp³-hybridized carbons (Fsp3) is 0.417. The lowest BCUT2D eigenvalue weighted by Gasteiger charge is -2.23. The molecule has 9 heteroatoms. The van der Waals surface area contributed by atoms with E-state index in [4.69, 9.17) is 9.73 Å². The van der Waals surface area contributed by atoms with Gasteiger partial charge in [-0.15, -0.1) is 0 Å². The van der Waals surface area contributed by atoms with Gasteiger partial charge in [-0.3, -0.25) is 14.7 Å².